The Morgan fingerprint density at radius 3 is 2.58 bits per heavy atom. The summed E-state index contributed by atoms with van der Waals surface area (Å²) in [6.07, 6.45) is 1.62. The van der Waals surface area contributed by atoms with Crippen LogP contribution in [0.5, 0.6) is 5.75 Å². The van der Waals surface area contributed by atoms with Crippen molar-refractivity contribution in [2.45, 2.75) is 6.61 Å². The van der Waals surface area contributed by atoms with E-state index in [1.165, 1.54) is 0 Å². The minimum Gasteiger partial charge on any atom is -0.489 e. The molecule has 0 radical (unpaired) electrons. The van der Waals surface area contributed by atoms with E-state index in [4.69, 9.17) is 4.74 Å². The van der Waals surface area contributed by atoms with E-state index in [2.05, 4.69) is 10.5 Å². The third-order valence-electron chi connectivity index (χ3n) is 3.29. The SMILES string of the molecule is O=C(N/N=C/c1ccsc1)c1ccc(COc2ccccc2)cc1. The second kappa shape index (κ2) is 8.08. The normalized spacial score (nSPS) is 10.7. The van der Waals surface area contributed by atoms with Crippen LogP contribution in [0, 0.1) is 0 Å². The summed E-state index contributed by atoms with van der Waals surface area (Å²) < 4.78 is 5.68. The van der Waals surface area contributed by atoms with Gasteiger partial charge in [0.25, 0.3) is 5.91 Å². The molecule has 0 fully saturated rings. The number of hydrogen-bond donors (Lipinski definition) is 1. The lowest BCUT2D eigenvalue weighted by Crippen LogP contribution is -2.17. The number of amides is 1. The summed E-state index contributed by atoms with van der Waals surface area (Å²) in [5.74, 6) is 0.582. The first-order chi connectivity index (χ1) is 11.8. The van der Waals surface area contributed by atoms with Crippen LogP contribution in [0.4, 0.5) is 0 Å². The van der Waals surface area contributed by atoms with Gasteiger partial charge in [-0.25, -0.2) is 5.43 Å². The molecule has 0 saturated heterocycles. The maximum atomic E-state index is 12.0. The fourth-order valence-electron chi connectivity index (χ4n) is 2.01. The Morgan fingerprint density at radius 2 is 1.88 bits per heavy atom. The van der Waals surface area contributed by atoms with Gasteiger partial charge in [-0.3, -0.25) is 4.79 Å². The molecular weight excluding hydrogens is 320 g/mol. The molecule has 0 saturated carbocycles. The molecule has 0 spiro atoms. The molecule has 3 rings (SSSR count). The summed E-state index contributed by atoms with van der Waals surface area (Å²) in [6.45, 7) is 0.461. The number of rotatable bonds is 6. The molecule has 0 aliphatic heterocycles. The number of carbonyl (C=O) groups excluding carboxylic acids is 1. The third kappa shape index (κ3) is 4.54. The summed E-state index contributed by atoms with van der Waals surface area (Å²) in [4.78, 5) is 12.0. The number of nitrogens with one attached hydrogen (secondary N) is 1. The molecular formula is C19H16N2O2S. The molecule has 5 heteroatoms. The summed E-state index contributed by atoms with van der Waals surface area (Å²) in [6, 6.07) is 18.8. The van der Waals surface area contributed by atoms with Crippen molar-refractivity contribution in [3.63, 3.8) is 0 Å². The van der Waals surface area contributed by atoms with Gasteiger partial charge in [0.15, 0.2) is 0 Å². The number of ether oxygens (including phenoxy) is 1. The lowest BCUT2D eigenvalue weighted by Gasteiger charge is -2.06. The Kier molecular flexibility index (Phi) is 5.37. The highest BCUT2D eigenvalue weighted by Gasteiger charge is 2.04. The maximum absolute atomic E-state index is 12.0. The van der Waals surface area contributed by atoms with E-state index >= 15 is 0 Å². The first kappa shape index (κ1) is 16.0. The molecule has 0 aliphatic carbocycles. The van der Waals surface area contributed by atoms with Crippen LogP contribution in [0.25, 0.3) is 0 Å². The molecule has 24 heavy (non-hydrogen) atoms. The Hall–Kier alpha value is -2.92. The first-order valence-electron chi connectivity index (χ1n) is 7.44. The number of carbonyl (C=O) groups is 1. The summed E-state index contributed by atoms with van der Waals surface area (Å²) in [7, 11) is 0. The van der Waals surface area contributed by atoms with Crippen molar-refractivity contribution in [1.29, 1.82) is 0 Å². The molecule has 3 aromatic rings. The molecule has 2 aromatic carbocycles. The molecule has 1 aromatic heterocycles. The number of hydrazone groups is 1. The van der Waals surface area contributed by atoms with Crippen LogP contribution in [0.1, 0.15) is 21.5 Å². The highest BCUT2D eigenvalue weighted by atomic mass is 32.1. The predicted octanol–water partition coefficient (Wildman–Crippen LogP) is 4.09. The van der Waals surface area contributed by atoms with Gasteiger partial charge in [0.05, 0.1) is 6.21 Å². The lowest BCUT2D eigenvalue weighted by atomic mass is 10.1. The van der Waals surface area contributed by atoms with Gasteiger partial charge in [-0.1, -0.05) is 30.3 Å². The molecule has 4 nitrogen and oxygen atoms in total. The van der Waals surface area contributed by atoms with Gasteiger partial charge in [0.1, 0.15) is 12.4 Å². The van der Waals surface area contributed by atoms with Gasteiger partial charge >= 0.3 is 0 Å². The van der Waals surface area contributed by atoms with Crippen LogP contribution in [-0.4, -0.2) is 12.1 Å². The molecule has 0 unspecified atom stereocenters. The van der Waals surface area contributed by atoms with Crippen molar-refractivity contribution >= 4 is 23.5 Å². The van der Waals surface area contributed by atoms with Gasteiger partial charge in [-0.05, 0) is 46.7 Å². The fraction of sp³-hybridized carbons (Fsp3) is 0.0526. The Bertz CT molecular complexity index is 797. The first-order valence-corrected chi connectivity index (χ1v) is 8.38. The van der Waals surface area contributed by atoms with Crippen LogP contribution >= 0.6 is 11.3 Å². The molecule has 120 valence electrons. The molecule has 1 amide bonds. The second-order valence-corrected chi connectivity index (χ2v) is 5.83. The molecule has 0 bridgehead atoms. The highest BCUT2D eigenvalue weighted by molar-refractivity contribution is 7.08. The predicted molar refractivity (Wildman–Crippen MR) is 96.6 cm³/mol. The van der Waals surface area contributed by atoms with Crippen LogP contribution in [0.2, 0.25) is 0 Å². The Labute approximate surface area is 144 Å². The van der Waals surface area contributed by atoms with E-state index in [0.29, 0.717) is 12.2 Å². The molecule has 1 N–H and O–H groups in total. The number of para-hydroxylation sites is 1. The lowest BCUT2D eigenvalue weighted by molar-refractivity contribution is 0.0955. The third-order valence-corrected chi connectivity index (χ3v) is 3.99. The van der Waals surface area contributed by atoms with Crippen molar-refractivity contribution in [3.05, 3.63) is 88.1 Å². The molecule has 0 aliphatic rings. The van der Waals surface area contributed by atoms with E-state index in [0.717, 1.165) is 16.9 Å². The smallest absolute Gasteiger partial charge is 0.271 e. The zero-order chi connectivity index (χ0) is 16.6. The van der Waals surface area contributed by atoms with Crippen LogP contribution in [0.15, 0.2) is 76.5 Å². The Balaban J connectivity index is 1.52. The molecule has 0 atom stereocenters. The van der Waals surface area contributed by atoms with Gasteiger partial charge in [-0.15, -0.1) is 0 Å². The van der Waals surface area contributed by atoms with Crippen LogP contribution < -0.4 is 10.2 Å². The minimum atomic E-state index is -0.239. The fourth-order valence-corrected chi connectivity index (χ4v) is 2.62. The van der Waals surface area contributed by atoms with Crippen molar-refractivity contribution < 1.29 is 9.53 Å². The monoisotopic (exact) mass is 336 g/mol. The van der Waals surface area contributed by atoms with Gasteiger partial charge in [-0.2, -0.15) is 16.4 Å². The highest BCUT2D eigenvalue weighted by Crippen LogP contribution is 2.12. The van der Waals surface area contributed by atoms with E-state index in [1.807, 2.05) is 59.3 Å². The van der Waals surface area contributed by atoms with Crippen molar-refractivity contribution in [3.8, 4) is 5.75 Å². The van der Waals surface area contributed by atoms with E-state index in [1.54, 1.807) is 29.7 Å². The number of nitrogens with zero attached hydrogens (tertiary/aromatic N) is 1. The summed E-state index contributed by atoms with van der Waals surface area (Å²) >= 11 is 1.58. The van der Waals surface area contributed by atoms with E-state index in [9.17, 15) is 4.79 Å². The van der Waals surface area contributed by atoms with Crippen LogP contribution in [-0.2, 0) is 6.61 Å². The quantitative estimate of drug-likeness (QED) is 0.544. The zero-order valence-electron chi connectivity index (χ0n) is 12.9. The maximum Gasteiger partial charge on any atom is 0.271 e. The number of thiophene rings is 1. The van der Waals surface area contributed by atoms with Gasteiger partial charge < -0.3 is 4.74 Å². The molecule has 1 heterocycles. The zero-order valence-corrected chi connectivity index (χ0v) is 13.7. The average Bonchev–Trinajstić information content (AvgIpc) is 3.15. The number of hydrogen-bond acceptors (Lipinski definition) is 4. The van der Waals surface area contributed by atoms with Gasteiger partial charge in [0, 0.05) is 11.1 Å². The van der Waals surface area contributed by atoms with Crippen molar-refractivity contribution in [2.24, 2.45) is 5.10 Å². The Morgan fingerprint density at radius 1 is 1.08 bits per heavy atom. The van der Waals surface area contributed by atoms with E-state index < -0.39 is 0 Å². The minimum absolute atomic E-state index is 0.239. The topological polar surface area (TPSA) is 50.7 Å². The summed E-state index contributed by atoms with van der Waals surface area (Å²) in [5, 5.41) is 7.86. The summed E-state index contributed by atoms with van der Waals surface area (Å²) in [5.41, 5.74) is 5.04. The van der Waals surface area contributed by atoms with Gasteiger partial charge in [0.2, 0.25) is 0 Å². The second-order valence-electron chi connectivity index (χ2n) is 5.05. The van der Waals surface area contributed by atoms with Crippen molar-refractivity contribution in [2.75, 3.05) is 0 Å². The van der Waals surface area contributed by atoms with E-state index in [-0.39, 0.29) is 5.91 Å². The number of benzene rings is 2. The van der Waals surface area contributed by atoms with Crippen molar-refractivity contribution in [1.82, 2.24) is 5.43 Å². The standard InChI is InChI=1S/C19H16N2O2S/c22-19(21-20-12-16-10-11-24-14-16)17-8-6-15(7-9-17)13-23-18-4-2-1-3-5-18/h1-12,14H,13H2,(H,21,22)/b20-12+. The average molecular weight is 336 g/mol. The largest absolute Gasteiger partial charge is 0.489 e. The van der Waals surface area contributed by atoms with Crippen LogP contribution in [0.3, 0.4) is 0 Å².